The van der Waals surface area contributed by atoms with Crippen LogP contribution in [0, 0.1) is 13.8 Å². The number of amides is 1. The predicted molar refractivity (Wildman–Crippen MR) is 121 cm³/mol. The molecule has 1 aliphatic rings. The van der Waals surface area contributed by atoms with Gasteiger partial charge in [0.25, 0.3) is 5.91 Å². The third-order valence-electron chi connectivity index (χ3n) is 5.42. The lowest BCUT2D eigenvalue weighted by Gasteiger charge is -2.17. The van der Waals surface area contributed by atoms with E-state index in [4.69, 9.17) is 5.73 Å². The van der Waals surface area contributed by atoms with Gasteiger partial charge in [0.05, 0.1) is 5.56 Å². The molecule has 2 atom stereocenters. The quantitative estimate of drug-likeness (QED) is 0.682. The molecule has 0 unspecified atom stereocenters. The first kappa shape index (κ1) is 22.9. The normalized spacial score (nSPS) is 18.1. The van der Waals surface area contributed by atoms with Gasteiger partial charge in [0, 0.05) is 42.6 Å². The number of carbonyl (C=O) groups excluding carboxylic acids is 1. The first-order valence-corrected chi connectivity index (χ1v) is 9.26. The van der Waals surface area contributed by atoms with Gasteiger partial charge in [-0.2, -0.15) is 0 Å². The van der Waals surface area contributed by atoms with Gasteiger partial charge >= 0.3 is 0 Å². The number of carbonyl (C=O) groups is 1. The molecule has 1 fully saturated rings. The van der Waals surface area contributed by atoms with Crippen molar-refractivity contribution in [2.75, 3.05) is 13.1 Å². The molecule has 1 saturated heterocycles. The van der Waals surface area contributed by atoms with E-state index in [9.17, 15) is 4.79 Å². The van der Waals surface area contributed by atoms with Gasteiger partial charge in [-0.25, -0.2) is 4.98 Å². The molecule has 29 heavy (non-hydrogen) atoms. The summed E-state index contributed by atoms with van der Waals surface area (Å²) in [5.41, 5.74) is 10.2. The summed E-state index contributed by atoms with van der Waals surface area (Å²) in [5, 5.41) is 0. The van der Waals surface area contributed by atoms with E-state index in [-0.39, 0.29) is 42.7 Å². The molecule has 1 aromatic carbocycles. The van der Waals surface area contributed by atoms with Crippen LogP contribution in [0.25, 0.3) is 5.82 Å². The van der Waals surface area contributed by atoms with Gasteiger partial charge in [0.15, 0.2) is 0 Å². The van der Waals surface area contributed by atoms with E-state index in [1.54, 1.807) is 6.20 Å². The van der Waals surface area contributed by atoms with Crippen LogP contribution in [-0.4, -0.2) is 39.5 Å². The number of halogens is 2. The van der Waals surface area contributed by atoms with Crippen molar-refractivity contribution >= 4 is 30.7 Å². The van der Waals surface area contributed by atoms with Crippen molar-refractivity contribution in [2.45, 2.75) is 25.8 Å². The van der Waals surface area contributed by atoms with E-state index in [1.807, 2.05) is 65.8 Å². The van der Waals surface area contributed by atoms with E-state index in [0.717, 1.165) is 22.8 Å². The van der Waals surface area contributed by atoms with E-state index in [0.29, 0.717) is 13.1 Å². The zero-order valence-corrected chi connectivity index (χ0v) is 18.1. The fourth-order valence-corrected chi connectivity index (χ4v) is 4.04. The van der Waals surface area contributed by atoms with Crippen molar-refractivity contribution in [1.82, 2.24) is 14.5 Å². The largest absolute Gasteiger partial charge is 0.336 e. The summed E-state index contributed by atoms with van der Waals surface area (Å²) in [7, 11) is 0. The highest BCUT2D eigenvalue weighted by atomic mass is 35.5. The Balaban J connectivity index is 0.00000150. The van der Waals surface area contributed by atoms with Crippen LogP contribution in [0.1, 0.15) is 33.2 Å². The molecule has 5 nitrogen and oxygen atoms in total. The van der Waals surface area contributed by atoms with Crippen LogP contribution in [0.15, 0.2) is 60.8 Å². The van der Waals surface area contributed by atoms with Gasteiger partial charge in [-0.15, -0.1) is 24.8 Å². The maximum Gasteiger partial charge on any atom is 0.255 e. The van der Waals surface area contributed by atoms with Crippen LogP contribution in [0.3, 0.4) is 0 Å². The lowest BCUT2D eigenvalue weighted by Crippen LogP contribution is -2.32. The maximum atomic E-state index is 13.2. The van der Waals surface area contributed by atoms with E-state index >= 15 is 0 Å². The average molecular weight is 433 g/mol. The summed E-state index contributed by atoms with van der Waals surface area (Å²) in [5.74, 6) is 1.04. The van der Waals surface area contributed by atoms with Crippen LogP contribution in [-0.2, 0) is 0 Å². The van der Waals surface area contributed by atoms with Gasteiger partial charge in [0.2, 0.25) is 0 Å². The second-order valence-electron chi connectivity index (χ2n) is 7.20. The zero-order valence-electron chi connectivity index (χ0n) is 16.5. The number of hydrogen-bond acceptors (Lipinski definition) is 3. The van der Waals surface area contributed by atoms with Gasteiger partial charge in [-0.3, -0.25) is 4.79 Å². The molecule has 0 bridgehead atoms. The fraction of sp³-hybridized carbons (Fsp3) is 0.273. The monoisotopic (exact) mass is 432 g/mol. The number of hydrogen-bond donors (Lipinski definition) is 1. The average Bonchev–Trinajstić information content (AvgIpc) is 3.22. The molecule has 0 aliphatic carbocycles. The Labute approximate surface area is 183 Å². The highest BCUT2D eigenvalue weighted by Crippen LogP contribution is 2.29. The van der Waals surface area contributed by atoms with Gasteiger partial charge in [0.1, 0.15) is 5.82 Å². The summed E-state index contributed by atoms with van der Waals surface area (Å²) in [4.78, 5) is 19.5. The number of nitrogens with two attached hydrogens (primary N) is 1. The van der Waals surface area contributed by atoms with Crippen molar-refractivity contribution in [3.05, 3.63) is 83.3 Å². The molecule has 0 radical (unpaired) electrons. The Morgan fingerprint density at radius 1 is 1.03 bits per heavy atom. The van der Waals surface area contributed by atoms with E-state index in [1.165, 1.54) is 5.56 Å². The smallest absolute Gasteiger partial charge is 0.255 e. The summed E-state index contributed by atoms with van der Waals surface area (Å²) >= 11 is 0. The molecule has 7 heteroatoms. The molecule has 3 heterocycles. The van der Waals surface area contributed by atoms with Crippen LogP contribution >= 0.6 is 24.8 Å². The summed E-state index contributed by atoms with van der Waals surface area (Å²) in [6.45, 7) is 5.20. The first-order chi connectivity index (χ1) is 13.1. The zero-order chi connectivity index (χ0) is 19.0. The Bertz CT molecular complexity index is 960. The minimum absolute atomic E-state index is 0. The number of aryl methyl sites for hydroxylation is 1. The van der Waals surface area contributed by atoms with E-state index < -0.39 is 0 Å². The Morgan fingerprint density at radius 3 is 2.38 bits per heavy atom. The number of pyridine rings is 1. The molecule has 0 saturated carbocycles. The third-order valence-corrected chi connectivity index (χ3v) is 5.42. The molecule has 1 aliphatic heterocycles. The molecular formula is C22H26Cl2N4O. The van der Waals surface area contributed by atoms with Crippen LogP contribution in [0.4, 0.5) is 0 Å². The molecule has 4 rings (SSSR count). The minimum atomic E-state index is -0.0457. The second-order valence-corrected chi connectivity index (χ2v) is 7.20. The molecule has 0 spiro atoms. The Morgan fingerprint density at radius 2 is 1.72 bits per heavy atom. The molecular weight excluding hydrogens is 407 g/mol. The molecule has 1 amide bonds. The summed E-state index contributed by atoms with van der Waals surface area (Å²) in [6, 6.07) is 17.9. The van der Waals surface area contributed by atoms with E-state index in [2.05, 4.69) is 17.1 Å². The van der Waals surface area contributed by atoms with Gasteiger partial charge in [-0.1, -0.05) is 36.4 Å². The number of likely N-dealkylation sites (tertiary alicyclic amines) is 1. The third kappa shape index (κ3) is 4.32. The SMILES string of the molecule is Cc1cc(C(=O)N2C[C@@H](N)[C@H](c3ccccc3)C2)c(C)n1-c1ccccn1.Cl.Cl. The summed E-state index contributed by atoms with van der Waals surface area (Å²) < 4.78 is 2.03. The predicted octanol–water partition coefficient (Wildman–Crippen LogP) is 3.90. The van der Waals surface area contributed by atoms with Gasteiger partial charge < -0.3 is 15.2 Å². The highest BCUT2D eigenvalue weighted by molar-refractivity contribution is 5.96. The topological polar surface area (TPSA) is 64.2 Å². The number of nitrogens with zero attached hydrogens (tertiary/aromatic N) is 3. The van der Waals surface area contributed by atoms with Gasteiger partial charge in [-0.05, 0) is 37.6 Å². The van der Waals surface area contributed by atoms with Crippen molar-refractivity contribution in [3.8, 4) is 5.82 Å². The summed E-state index contributed by atoms with van der Waals surface area (Å²) in [6.07, 6.45) is 1.76. The number of benzene rings is 1. The van der Waals surface area contributed by atoms with Crippen molar-refractivity contribution < 1.29 is 4.79 Å². The lowest BCUT2D eigenvalue weighted by atomic mass is 9.95. The fourth-order valence-electron chi connectivity index (χ4n) is 4.04. The van der Waals surface area contributed by atoms with Crippen molar-refractivity contribution in [1.29, 1.82) is 0 Å². The molecule has 2 aromatic heterocycles. The van der Waals surface area contributed by atoms with Crippen LogP contribution in [0.5, 0.6) is 0 Å². The maximum absolute atomic E-state index is 13.2. The second kappa shape index (κ2) is 9.44. The Kier molecular flexibility index (Phi) is 7.47. The molecule has 154 valence electrons. The van der Waals surface area contributed by atoms with Crippen molar-refractivity contribution in [2.24, 2.45) is 5.73 Å². The number of rotatable bonds is 3. The first-order valence-electron chi connectivity index (χ1n) is 9.26. The van der Waals surface area contributed by atoms with Crippen LogP contribution in [0.2, 0.25) is 0 Å². The van der Waals surface area contributed by atoms with Crippen LogP contribution < -0.4 is 5.73 Å². The van der Waals surface area contributed by atoms with Crippen molar-refractivity contribution in [3.63, 3.8) is 0 Å². The molecule has 2 N–H and O–H groups in total. The Hall–Kier alpha value is -2.34. The standard InChI is InChI=1S/C22H24N4O.2ClH/c1-15-12-18(16(2)26(15)21-10-6-7-11-24-21)22(27)25-13-19(20(23)14-25)17-8-4-3-5-9-17;;/h3-12,19-20H,13-14,23H2,1-2H3;2*1H/t19-,20+;;/m0../s1. The lowest BCUT2D eigenvalue weighted by molar-refractivity contribution is 0.0788. The highest BCUT2D eigenvalue weighted by Gasteiger charge is 2.35. The number of aromatic nitrogens is 2. The molecule has 3 aromatic rings. The minimum Gasteiger partial charge on any atom is -0.336 e.